The monoisotopic (exact) mass is 361 g/mol. The van der Waals surface area contributed by atoms with Crippen LogP contribution < -0.4 is 5.32 Å². The smallest absolute Gasteiger partial charge is 0.302 e. The van der Waals surface area contributed by atoms with Gasteiger partial charge in [-0.3, -0.25) is 20.2 Å². The molecule has 126 valence electrons. The fourth-order valence-corrected chi connectivity index (χ4v) is 2.34. The lowest BCUT2D eigenvalue weighted by Gasteiger charge is -2.02. The molecule has 0 saturated carbocycles. The van der Waals surface area contributed by atoms with Crippen molar-refractivity contribution >= 4 is 29.2 Å². The van der Waals surface area contributed by atoms with Gasteiger partial charge < -0.3 is 4.42 Å². The van der Waals surface area contributed by atoms with Crippen molar-refractivity contribution in [3.05, 3.63) is 75.2 Å². The summed E-state index contributed by atoms with van der Waals surface area (Å²) in [5.74, 6) is -1.10. The molecule has 3 aromatic rings. The highest BCUT2D eigenvalue weighted by molar-refractivity contribution is 6.33. The van der Waals surface area contributed by atoms with Gasteiger partial charge >= 0.3 is 6.01 Å². The fourth-order valence-electron chi connectivity index (χ4n) is 2.09. The number of carbonyl (C=O) groups is 1. The van der Waals surface area contributed by atoms with E-state index in [9.17, 15) is 19.3 Å². The number of nitro groups is 1. The molecule has 1 amide bonds. The third-order valence-corrected chi connectivity index (χ3v) is 3.58. The molecule has 0 atom stereocenters. The van der Waals surface area contributed by atoms with Gasteiger partial charge in [0.25, 0.3) is 11.6 Å². The number of benzene rings is 2. The molecule has 0 spiro atoms. The second kappa shape index (κ2) is 6.70. The van der Waals surface area contributed by atoms with E-state index < -0.39 is 16.6 Å². The molecule has 3 rings (SSSR count). The molecule has 0 fully saturated rings. The number of nitrogens with one attached hydrogen (secondary N) is 1. The third-order valence-electron chi connectivity index (χ3n) is 3.28. The maximum absolute atomic E-state index is 13.7. The molecular formula is C16H9ClFN3O4. The maximum atomic E-state index is 13.7. The van der Waals surface area contributed by atoms with Crippen molar-refractivity contribution in [3.63, 3.8) is 0 Å². The first-order valence-corrected chi connectivity index (χ1v) is 7.29. The van der Waals surface area contributed by atoms with E-state index in [0.29, 0.717) is 0 Å². The van der Waals surface area contributed by atoms with Gasteiger partial charge in [0.05, 0.1) is 4.92 Å². The lowest BCUT2D eigenvalue weighted by Crippen LogP contribution is -2.12. The van der Waals surface area contributed by atoms with E-state index in [0.717, 1.165) is 12.1 Å². The van der Waals surface area contributed by atoms with E-state index in [-0.39, 0.29) is 33.5 Å². The first kappa shape index (κ1) is 16.6. The van der Waals surface area contributed by atoms with Gasteiger partial charge in [-0.1, -0.05) is 23.7 Å². The average Bonchev–Trinajstić information content (AvgIpc) is 3.03. The molecule has 1 heterocycles. The summed E-state index contributed by atoms with van der Waals surface area (Å²) >= 11 is 5.77. The molecule has 1 N–H and O–H groups in total. The van der Waals surface area contributed by atoms with E-state index in [4.69, 9.17) is 16.0 Å². The fraction of sp³-hybridized carbons (Fsp3) is 0. The Kier molecular flexibility index (Phi) is 4.44. The average molecular weight is 362 g/mol. The summed E-state index contributed by atoms with van der Waals surface area (Å²) in [5.41, 5.74) is 0.220. The quantitative estimate of drug-likeness (QED) is 0.552. The lowest BCUT2D eigenvalue weighted by atomic mass is 10.1. The second-order valence-electron chi connectivity index (χ2n) is 4.90. The van der Waals surface area contributed by atoms with Crippen LogP contribution in [0.3, 0.4) is 0 Å². The van der Waals surface area contributed by atoms with Crippen LogP contribution in [0.4, 0.5) is 16.1 Å². The predicted octanol–water partition coefficient (Wildman–Crippen LogP) is 4.29. The predicted molar refractivity (Wildman–Crippen MR) is 88.0 cm³/mol. The van der Waals surface area contributed by atoms with Crippen LogP contribution in [-0.2, 0) is 0 Å². The van der Waals surface area contributed by atoms with Gasteiger partial charge in [-0.15, -0.1) is 0 Å². The van der Waals surface area contributed by atoms with Crippen LogP contribution in [0.25, 0.3) is 11.3 Å². The van der Waals surface area contributed by atoms with Gasteiger partial charge in [0.15, 0.2) is 0 Å². The number of anilines is 1. The molecular weight excluding hydrogens is 353 g/mol. The molecule has 1 aromatic heterocycles. The minimum atomic E-state index is -0.654. The number of amides is 1. The minimum Gasteiger partial charge on any atom is -0.431 e. The number of carbonyl (C=O) groups excluding carboxylic acids is 1. The first-order chi connectivity index (χ1) is 12.0. The molecule has 0 unspecified atom stereocenters. The van der Waals surface area contributed by atoms with Crippen LogP contribution >= 0.6 is 11.6 Å². The van der Waals surface area contributed by atoms with E-state index in [1.807, 2.05) is 0 Å². The number of nitrogens with zero attached hydrogens (tertiary/aromatic N) is 2. The molecule has 9 heteroatoms. The van der Waals surface area contributed by atoms with E-state index >= 15 is 0 Å². The number of oxazole rings is 1. The zero-order chi connectivity index (χ0) is 18.0. The first-order valence-electron chi connectivity index (χ1n) is 6.91. The molecule has 2 aromatic carbocycles. The number of nitro benzene ring substituents is 1. The van der Waals surface area contributed by atoms with Crippen molar-refractivity contribution < 1.29 is 18.5 Å². The summed E-state index contributed by atoms with van der Waals surface area (Å²) < 4.78 is 18.8. The Morgan fingerprint density at radius 2 is 2.04 bits per heavy atom. The van der Waals surface area contributed by atoms with Crippen molar-refractivity contribution in [1.82, 2.24) is 4.98 Å². The molecule has 0 radical (unpaired) electrons. The highest BCUT2D eigenvalue weighted by atomic mass is 35.5. The Hall–Kier alpha value is -3.26. The van der Waals surface area contributed by atoms with Gasteiger partial charge in [0.2, 0.25) is 0 Å². The lowest BCUT2D eigenvalue weighted by molar-refractivity contribution is -0.384. The molecule has 0 aliphatic carbocycles. The van der Waals surface area contributed by atoms with Crippen molar-refractivity contribution in [2.45, 2.75) is 0 Å². The van der Waals surface area contributed by atoms with Crippen molar-refractivity contribution in [3.8, 4) is 11.3 Å². The van der Waals surface area contributed by atoms with Gasteiger partial charge in [-0.05, 0) is 24.3 Å². The molecule has 0 saturated heterocycles. The number of rotatable bonds is 4. The summed E-state index contributed by atoms with van der Waals surface area (Å²) in [6.07, 6.45) is 1.21. The Balaban J connectivity index is 1.79. The summed E-state index contributed by atoms with van der Waals surface area (Å²) in [5, 5.41) is 12.9. The largest absolute Gasteiger partial charge is 0.431 e. The summed E-state index contributed by atoms with van der Waals surface area (Å²) in [6, 6.07) is 9.38. The van der Waals surface area contributed by atoms with Crippen LogP contribution in [0.15, 0.2) is 53.1 Å². The number of halogens is 2. The van der Waals surface area contributed by atoms with Crippen LogP contribution in [0, 0.1) is 15.9 Å². The second-order valence-corrected chi connectivity index (χ2v) is 5.30. The summed E-state index contributed by atoms with van der Waals surface area (Å²) in [6.45, 7) is 0. The van der Waals surface area contributed by atoms with Crippen molar-refractivity contribution in [2.24, 2.45) is 0 Å². The molecule has 7 nitrogen and oxygen atoms in total. The van der Waals surface area contributed by atoms with Gasteiger partial charge in [0, 0.05) is 17.2 Å². The summed E-state index contributed by atoms with van der Waals surface area (Å²) in [4.78, 5) is 26.2. The molecule has 25 heavy (non-hydrogen) atoms. The maximum Gasteiger partial charge on any atom is 0.302 e. The topological polar surface area (TPSA) is 98.3 Å². The van der Waals surface area contributed by atoms with E-state index in [1.165, 1.54) is 24.5 Å². The molecule has 0 bridgehead atoms. The normalized spacial score (nSPS) is 10.5. The Labute approximate surface area is 145 Å². The van der Waals surface area contributed by atoms with Gasteiger partial charge in [0.1, 0.15) is 22.8 Å². The van der Waals surface area contributed by atoms with Gasteiger partial charge in [-0.2, -0.15) is 4.98 Å². The number of aromatic nitrogens is 1. The van der Waals surface area contributed by atoms with Crippen LogP contribution in [0.1, 0.15) is 10.4 Å². The van der Waals surface area contributed by atoms with Crippen LogP contribution in [-0.4, -0.2) is 15.8 Å². The highest BCUT2D eigenvalue weighted by Crippen LogP contribution is 2.26. The van der Waals surface area contributed by atoms with Gasteiger partial charge in [-0.25, -0.2) is 4.39 Å². The van der Waals surface area contributed by atoms with Crippen LogP contribution in [0.5, 0.6) is 0 Å². The number of hydrogen-bond acceptors (Lipinski definition) is 5. The standard InChI is InChI=1S/C16H9ClFN3O4/c17-11-7-9(5-6-14(11)21(23)24)15(22)20-16-19-13(8-25-16)10-3-1-2-4-12(10)18/h1-8H,(H,19,20,22). The highest BCUT2D eigenvalue weighted by Gasteiger charge is 2.17. The zero-order valence-electron chi connectivity index (χ0n) is 12.4. The molecule has 0 aliphatic heterocycles. The zero-order valence-corrected chi connectivity index (χ0v) is 13.2. The third kappa shape index (κ3) is 3.48. The van der Waals surface area contributed by atoms with E-state index in [1.54, 1.807) is 12.1 Å². The summed E-state index contributed by atoms with van der Waals surface area (Å²) in [7, 11) is 0. The number of hydrogen-bond donors (Lipinski definition) is 1. The Morgan fingerprint density at radius 3 is 2.72 bits per heavy atom. The minimum absolute atomic E-state index is 0.0845. The van der Waals surface area contributed by atoms with Crippen molar-refractivity contribution in [1.29, 1.82) is 0 Å². The Bertz CT molecular complexity index is 974. The molecule has 0 aliphatic rings. The Morgan fingerprint density at radius 1 is 1.28 bits per heavy atom. The van der Waals surface area contributed by atoms with E-state index in [2.05, 4.69) is 10.3 Å². The van der Waals surface area contributed by atoms with Crippen LogP contribution in [0.2, 0.25) is 5.02 Å². The van der Waals surface area contributed by atoms with Crippen molar-refractivity contribution in [2.75, 3.05) is 5.32 Å². The SMILES string of the molecule is O=C(Nc1nc(-c2ccccc2F)co1)c1ccc([N+](=O)[O-])c(Cl)c1.